The number of amides is 1. The van der Waals surface area contributed by atoms with E-state index in [0.717, 1.165) is 18.5 Å². The molecule has 1 aliphatic rings. The lowest BCUT2D eigenvalue weighted by Gasteiger charge is -2.27. The molecular weight excluding hydrogens is 256 g/mol. The molecule has 0 bridgehead atoms. The second-order valence-corrected chi connectivity index (χ2v) is 5.88. The van der Waals surface area contributed by atoms with Crippen molar-refractivity contribution in [3.63, 3.8) is 0 Å². The molecule has 2 heterocycles. The molecule has 3 nitrogen and oxygen atoms in total. The number of rotatable bonds is 1. The van der Waals surface area contributed by atoms with Crippen LogP contribution in [-0.4, -0.2) is 17.4 Å². The Morgan fingerprint density at radius 1 is 1.37 bits per heavy atom. The van der Waals surface area contributed by atoms with Gasteiger partial charge >= 0.3 is 0 Å². The van der Waals surface area contributed by atoms with E-state index in [1.54, 1.807) is 11.3 Å². The summed E-state index contributed by atoms with van der Waals surface area (Å²) in [4.78, 5) is 15.8. The molecule has 0 spiro atoms. The Hall–Kier alpha value is -1.81. The monoisotopic (exact) mass is 272 g/mol. The van der Waals surface area contributed by atoms with Gasteiger partial charge in [-0.3, -0.25) is 4.79 Å². The van der Waals surface area contributed by atoms with Gasteiger partial charge in [-0.25, -0.2) is 0 Å². The number of carbonyl (C=O) groups excluding carboxylic acids is 1. The molecule has 1 aromatic heterocycles. The number of fused-ring (bicyclic) bond motifs is 1. The summed E-state index contributed by atoms with van der Waals surface area (Å²) in [6, 6.07) is 7.74. The van der Waals surface area contributed by atoms with Crippen LogP contribution in [0.5, 0.6) is 0 Å². The van der Waals surface area contributed by atoms with Gasteiger partial charge < -0.3 is 10.6 Å². The van der Waals surface area contributed by atoms with Crippen LogP contribution in [0, 0.1) is 6.92 Å². The van der Waals surface area contributed by atoms with E-state index in [1.807, 2.05) is 30.0 Å². The highest BCUT2D eigenvalue weighted by atomic mass is 32.1. The van der Waals surface area contributed by atoms with Crippen molar-refractivity contribution in [1.82, 2.24) is 4.90 Å². The van der Waals surface area contributed by atoms with Crippen molar-refractivity contribution in [3.8, 4) is 0 Å². The Morgan fingerprint density at radius 2 is 2.21 bits per heavy atom. The van der Waals surface area contributed by atoms with Crippen molar-refractivity contribution in [3.05, 3.63) is 51.2 Å². The quantitative estimate of drug-likeness (QED) is 0.811. The van der Waals surface area contributed by atoms with E-state index in [1.165, 1.54) is 10.4 Å². The molecule has 1 aromatic carbocycles. The molecule has 4 heteroatoms. The lowest BCUT2D eigenvalue weighted by molar-refractivity contribution is 0.0737. The number of thiophene rings is 1. The molecular formula is C15H16N2OS. The second-order valence-electron chi connectivity index (χ2n) is 4.88. The van der Waals surface area contributed by atoms with E-state index in [2.05, 4.69) is 11.4 Å². The molecule has 2 N–H and O–H groups in total. The molecule has 0 aliphatic carbocycles. The minimum absolute atomic E-state index is 0.0399. The summed E-state index contributed by atoms with van der Waals surface area (Å²) in [7, 11) is 0. The number of para-hydroxylation sites is 1. The van der Waals surface area contributed by atoms with Gasteiger partial charge in [0.05, 0.1) is 5.56 Å². The highest BCUT2D eigenvalue weighted by molar-refractivity contribution is 7.10. The zero-order chi connectivity index (χ0) is 13.4. The van der Waals surface area contributed by atoms with Crippen LogP contribution in [0.25, 0.3) is 0 Å². The predicted molar refractivity (Wildman–Crippen MR) is 78.4 cm³/mol. The largest absolute Gasteiger partial charge is 0.398 e. The van der Waals surface area contributed by atoms with Gasteiger partial charge in [0, 0.05) is 23.7 Å². The molecule has 98 valence electrons. The highest BCUT2D eigenvalue weighted by Gasteiger charge is 2.23. The fraction of sp³-hybridized carbons (Fsp3) is 0.267. The number of aryl methyl sites for hydroxylation is 1. The maximum atomic E-state index is 12.6. The van der Waals surface area contributed by atoms with Crippen LogP contribution in [0.2, 0.25) is 0 Å². The van der Waals surface area contributed by atoms with Crippen molar-refractivity contribution in [2.45, 2.75) is 19.9 Å². The summed E-state index contributed by atoms with van der Waals surface area (Å²) in [5.74, 6) is 0.0399. The molecule has 1 aliphatic heterocycles. The van der Waals surface area contributed by atoms with Crippen molar-refractivity contribution in [2.75, 3.05) is 12.3 Å². The first-order valence-electron chi connectivity index (χ1n) is 6.36. The Bertz CT molecular complexity index is 633. The average Bonchev–Trinajstić information content (AvgIpc) is 2.88. The zero-order valence-corrected chi connectivity index (χ0v) is 11.7. The minimum Gasteiger partial charge on any atom is -0.398 e. The van der Waals surface area contributed by atoms with E-state index in [4.69, 9.17) is 5.73 Å². The van der Waals surface area contributed by atoms with Crippen molar-refractivity contribution >= 4 is 22.9 Å². The molecule has 0 saturated heterocycles. The average molecular weight is 272 g/mol. The zero-order valence-electron chi connectivity index (χ0n) is 10.8. The number of nitrogen functional groups attached to an aromatic ring is 1. The summed E-state index contributed by atoms with van der Waals surface area (Å²) < 4.78 is 0. The number of carbonyl (C=O) groups is 1. The summed E-state index contributed by atoms with van der Waals surface area (Å²) in [5, 5.41) is 2.10. The third kappa shape index (κ3) is 2.12. The Morgan fingerprint density at radius 3 is 3.05 bits per heavy atom. The molecule has 3 rings (SSSR count). The van der Waals surface area contributed by atoms with Crippen molar-refractivity contribution in [1.29, 1.82) is 0 Å². The summed E-state index contributed by atoms with van der Waals surface area (Å²) in [6.07, 6.45) is 0.949. The first-order chi connectivity index (χ1) is 9.16. The summed E-state index contributed by atoms with van der Waals surface area (Å²) in [5.41, 5.74) is 9.48. The topological polar surface area (TPSA) is 46.3 Å². The van der Waals surface area contributed by atoms with Crippen LogP contribution < -0.4 is 5.73 Å². The number of benzene rings is 1. The molecule has 0 atom stereocenters. The van der Waals surface area contributed by atoms with E-state index in [0.29, 0.717) is 17.8 Å². The van der Waals surface area contributed by atoms with E-state index < -0.39 is 0 Å². The maximum absolute atomic E-state index is 12.6. The first-order valence-corrected chi connectivity index (χ1v) is 7.24. The van der Waals surface area contributed by atoms with Crippen LogP contribution in [0.15, 0.2) is 29.6 Å². The van der Waals surface area contributed by atoms with Gasteiger partial charge in [-0.1, -0.05) is 12.1 Å². The van der Waals surface area contributed by atoms with E-state index in [-0.39, 0.29) is 5.91 Å². The minimum atomic E-state index is 0.0399. The maximum Gasteiger partial charge on any atom is 0.256 e. The molecule has 0 fully saturated rings. The van der Waals surface area contributed by atoms with Gasteiger partial charge in [-0.05, 0) is 42.0 Å². The smallest absolute Gasteiger partial charge is 0.256 e. The number of anilines is 1. The SMILES string of the molecule is Cc1cccc(C(=O)N2CCc3sccc3C2)c1N. The predicted octanol–water partition coefficient (Wildman–Crippen LogP) is 2.84. The van der Waals surface area contributed by atoms with Crippen LogP contribution in [-0.2, 0) is 13.0 Å². The van der Waals surface area contributed by atoms with E-state index >= 15 is 0 Å². The van der Waals surface area contributed by atoms with E-state index in [9.17, 15) is 4.79 Å². The standard InChI is InChI=1S/C15H16N2OS/c1-10-3-2-4-12(14(10)16)15(18)17-7-5-13-11(9-17)6-8-19-13/h2-4,6,8H,5,7,9,16H2,1H3. The number of hydrogen-bond donors (Lipinski definition) is 1. The molecule has 0 saturated carbocycles. The highest BCUT2D eigenvalue weighted by Crippen LogP contribution is 2.26. The fourth-order valence-corrected chi connectivity index (χ4v) is 3.35. The van der Waals surface area contributed by atoms with Gasteiger partial charge in [0.25, 0.3) is 5.91 Å². The Balaban J connectivity index is 1.88. The van der Waals surface area contributed by atoms with Crippen LogP contribution in [0.3, 0.4) is 0 Å². The van der Waals surface area contributed by atoms with Gasteiger partial charge in [-0.15, -0.1) is 11.3 Å². The number of nitrogens with zero attached hydrogens (tertiary/aromatic N) is 1. The molecule has 19 heavy (non-hydrogen) atoms. The molecule has 1 amide bonds. The lowest BCUT2D eigenvalue weighted by atomic mass is 10.0. The first kappa shape index (κ1) is 12.2. The Kier molecular flexibility index (Phi) is 3.03. The van der Waals surface area contributed by atoms with Gasteiger partial charge in [-0.2, -0.15) is 0 Å². The number of nitrogens with two attached hydrogens (primary N) is 1. The number of hydrogen-bond acceptors (Lipinski definition) is 3. The fourth-order valence-electron chi connectivity index (χ4n) is 2.46. The molecule has 0 radical (unpaired) electrons. The van der Waals surface area contributed by atoms with Gasteiger partial charge in [0.15, 0.2) is 0 Å². The van der Waals surface area contributed by atoms with Crippen LogP contribution >= 0.6 is 11.3 Å². The van der Waals surface area contributed by atoms with Crippen molar-refractivity contribution < 1.29 is 4.79 Å². The van der Waals surface area contributed by atoms with Gasteiger partial charge in [0.2, 0.25) is 0 Å². The van der Waals surface area contributed by atoms with Gasteiger partial charge in [0.1, 0.15) is 0 Å². The van der Waals surface area contributed by atoms with Crippen LogP contribution in [0.1, 0.15) is 26.4 Å². The third-order valence-corrected chi connectivity index (χ3v) is 4.67. The van der Waals surface area contributed by atoms with Crippen LogP contribution in [0.4, 0.5) is 5.69 Å². The Labute approximate surface area is 116 Å². The normalized spacial score (nSPS) is 14.3. The third-order valence-electron chi connectivity index (χ3n) is 3.65. The summed E-state index contributed by atoms with van der Waals surface area (Å²) >= 11 is 1.78. The molecule has 0 unspecified atom stereocenters. The second kappa shape index (κ2) is 4.70. The molecule has 2 aromatic rings. The van der Waals surface area contributed by atoms with Crippen molar-refractivity contribution in [2.24, 2.45) is 0 Å². The lowest BCUT2D eigenvalue weighted by Crippen LogP contribution is -2.35. The summed E-state index contributed by atoms with van der Waals surface area (Å²) in [6.45, 7) is 3.41.